The van der Waals surface area contributed by atoms with Crippen LogP contribution in [0.15, 0.2) is 5.38 Å². The van der Waals surface area contributed by atoms with E-state index < -0.39 is 36.0 Å². The van der Waals surface area contributed by atoms with Gasteiger partial charge in [0.05, 0.1) is 12.0 Å². The molecule has 1 aliphatic rings. The minimum absolute atomic E-state index is 0.380. The van der Waals surface area contributed by atoms with Crippen molar-refractivity contribution in [1.82, 2.24) is 9.88 Å². The Morgan fingerprint density at radius 3 is 2.50 bits per heavy atom. The van der Waals surface area contributed by atoms with Crippen molar-refractivity contribution in [2.24, 2.45) is 5.92 Å². The minimum Gasteiger partial charge on any atom is -0.457 e. The zero-order chi connectivity index (χ0) is 20.9. The normalized spacial score (nSPS) is 16.2. The first-order valence-corrected chi connectivity index (χ1v) is 9.97. The summed E-state index contributed by atoms with van der Waals surface area (Å²) >= 11 is 1.24. The number of Topliss-reactive ketones (excluding diaryl/α,β-unsaturated/α-hetero) is 1. The first-order valence-electron chi connectivity index (χ1n) is 9.09. The van der Waals surface area contributed by atoms with E-state index in [1.807, 2.05) is 6.07 Å². The molecule has 0 N–H and O–H groups in total. The van der Waals surface area contributed by atoms with Crippen molar-refractivity contribution >= 4 is 29.2 Å². The fourth-order valence-corrected chi connectivity index (χ4v) is 3.60. The highest BCUT2D eigenvalue weighted by atomic mass is 32.1. The number of aromatic nitrogens is 1. The van der Waals surface area contributed by atoms with Gasteiger partial charge in [0.25, 0.3) is 0 Å². The molecule has 0 aliphatic carbocycles. The van der Waals surface area contributed by atoms with Crippen LogP contribution in [-0.2, 0) is 19.1 Å². The number of rotatable bonds is 5. The summed E-state index contributed by atoms with van der Waals surface area (Å²) in [6.45, 7) is 7.50. The number of ketones is 1. The predicted molar refractivity (Wildman–Crippen MR) is 102 cm³/mol. The van der Waals surface area contributed by atoms with Crippen molar-refractivity contribution < 1.29 is 23.9 Å². The van der Waals surface area contributed by atoms with E-state index in [-0.39, 0.29) is 5.92 Å². The molecule has 2 heterocycles. The van der Waals surface area contributed by atoms with Crippen LogP contribution in [0, 0.1) is 24.2 Å². The Labute approximate surface area is 168 Å². The van der Waals surface area contributed by atoms with Crippen LogP contribution in [0.2, 0.25) is 0 Å². The van der Waals surface area contributed by atoms with Crippen molar-refractivity contribution in [3.63, 3.8) is 0 Å². The Balaban J connectivity index is 1.80. The maximum atomic E-state index is 12.3. The van der Waals surface area contributed by atoms with Gasteiger partial charge in [0.2, 0.25) is 0 Å². The van der Waals surface area contributed by atoms with Gasteiger partial charge in [0.1, 0.15) is 10.6 Å². The number of nitrogens with zero attached hydrogens (tertiary/aromatic N) is 3. The molecule has 0 saturated carbocycles. The van der Waals surface area contributed by atoms with Crippen LogP contribution in [-0.4, -0.2) is 53.0 Å². The van der Waals surface area contributed by atoms with E-state index in [0.29, 0.717) is 30.9 Å². The number of carbonyl (C=O) groups excluding carboxylic acids is 3. The number of esters is 1. The number of nitriles is 1. The molecule has 1 saturated heterocycles. The Kier molecular flexibility index (Phi) is 7.13. The van der Waals surface area contributed by atoms with Crippen LogP contribution < -0.4 is 0 Å². The third-order valence-corrected chi connectivity index (χ3v) is 5.20. The molecular weight excluding hydrogens is 382 g/mol. The second-order valence-corrected chi connectivity index (χ2v) is 8.59. The van der Waals surface area contributed by atoms with Crippen LogP contribution >= 0.6 is 11.3 Å². The minimum atomic E-state index is -1.03. The molecule has 9 heteroatoms. The molecular formula is C19H25N3O5S. The van der Waals surface area contributed by atoms with E-state index in [4.69, 9.17) is 9.47 Å². The first-order chi connectivity index (χ1) is 13.1. The molecule has 8 nitrogen and oxygen atoms in total. The van der Waals surface area contributed by atoms with Crippen LogP contribution in [0.3, 0.4) is 0 Å². The summed E-state index contributed by atoms with van der Waals surface area (Å²) in [5, 5.41) is 11.4. The molecule has 1 fully saturated rings. The number of aryl methyl sites for hydroxylation is 1. The fraction of sp³-hybridized carbons (Fsp3) is 0.632. The van der Waals surface area contributed by atoms with Crippen molar-refractivity contribution in [3.8, 4) is 6.07 Å². The highest BCUT2D eigenvalue weighted by Crippen LogP contribution is 2.23. The number of carbonyl (C=O) groups is 3. The molecule has 1 aromatic heterocycles. The van der Waals surface area contributed by atoms with Gasteiger partial charge in [0, 0.05) is 24.2 Å². The predicted octanol–water partition coefficient (Wildman–Crippen LogP) is 2.82. The van der Waals surface area contributed by atoms with Gasteiger partial charge < -0.3 is 14.4 Å². The maximum absolute atomic E-state index is 12.3. The molecule has 0 spiro atoms. The molecule has 28 heavy (non-hydrogen) atoms. The molecule has 0 bridgehead atoms. The SMILES string of the molecule is Cc1csc([C@H](C#N)C(=O)COC(=O)C2CCN(C(=O)OC(C)(C)C)CC2)n1. The zero-order valence-corrected chi connectivity index (χ0v) is 17.4. The molecule has 1 aliphatic heterocycles. The van der Waals surface area contributed by atoms with E-state index in [0.717, 1.165) is 5.69 Å². The third kappa shape index (κ3) is 6.02. The lowest BCUT2D eigenvalue weighted by molar-refractivity contribution is -0.153. The van der Waals surface area contributed by atoms with E-state index in [9.17, 15) is 19.6 Å². The summed E-state index contributed by atoms with van der Waals surface area (Å²) in [6.07, 6.45) is 0.490. The summed E-state index contributed by atoms with van der Waals surface area (Å²) in [5.41, 5.74) is 0.169. The van der Waals surface area contributed by atoms with Gasteiger partial charge >= 0.3 is 12.1 Å². The van der Waals surface area contributed by atoms with Crippen molar-refractivity contribution in [2.75, 3.05) is 19.7 Å². The summed E-state index contributed by atoms with van der Waals surface area (Å²) in [7, 11) is 0. The van der Waals surface area contributed by atoms with Gasteiger partial charge in [0.15, 0.2) is 18.3 Å². The number of piperidine rings is 1. The first kappa shape index (κ1) is 21.8. The Hall–Kier alpha value is -2.47. The number of ether oxygens (including phenoxy) is 2. The van der Waals surface area contributed by atoms with Gasteiger partial charge in [-0.05, 0) is 40.5 Å². The number of thiazole rings is 1. The van der Waals surface area contributed by atoms with Gasteiger partial charge in [-0.3, -0.25) is 9.59 Å². The lowest BCUT2D eigenvalue weighted by Crippen LogP contribution is -2.43. The van der Waals surface area contributed by atoms with Crippen LogP contribution in [0.1, 0.15) is 50.2 Å². The second-order valence-electron chi connectivity index (χ2n) is 7.70. The Morgan fingerprint density at radius 1 is 1.36 bits per heavy atom. The summed E-state index contributed by atoms with van der Waals surface area (Å²) in [4.78, 5) is 42.3. The summed E-state index contributed by atoms with van der Waals surface area (Å²) in [5.74, 6) is -2.38. The monoisotopic (exact) mass is 407 g/mol. The van der Waals surface area contributed by atoms with Crippen LogP contribution in [0.4, 0.5) is 4.79 Å². The quantitative estimate of drug-likeness (QED) is 0.690. The maximum Gasteiger partial charge on any atom is 0.410 e. The van der Waals surface area contributed by atoms with Crippen LogP contribution in [0.25, 0.3) is 0 Å². The van der Waals surface area contributed by atoms with Gasteiger partial charge in [-0.15, -0.1) is 11.3 Å². The molecule has 0 aromatic carbocycles. The highest BCUT2D eigenvalue weighted by molar-refractivity contribution is 7.09. The Bertz CT molecular complexity index is 769. The van der Waals surface area contributed by atoms with E-state index in [1.54, 1.807) is 38.0 Å². The molecule has 1 atom stereocenters. The summed E-state index contributed by atoms with van der Waals surface area (Å²) in [6, 6.07) is 1.92. The van der Waals surface area contributed by atoms with Crippen molar-refractivity contribution in [3.05, 3.63) is 16.1 Å². The van der Waals surface area contributed by atoms with Crippen molar-refractivity contribution in [1.29, 1.82) is 5.26 Å². The topological polar surface area (TPSA) is 110 Å². The molecule has 152 valence electrons. The lowest BCUT2D eigenvalue weighted by atomic mass is 9.97. The number of hydrogen-bond donors (Lipinski definition) is 0. The standard InChI is InChI=1S/C19H25N3O5S/c1-12-11-28-16(21-12)14(9-20)15(23)10-26-17(24)13-5-7-22(8-6-13)18(25)27-19(2,3)4/h11,13-14H,5-8,10H2,1-4H3/t14-/m1/s1. The molecule has 0 radical (unpaired) electrons. The third-order valence-electron chi connectivity index (χ3n) is 4.17. The van der Waals surface area contributed by atoms with Crippen LogP contribution in [0.5, 0.6) is 0 Å². The smallest absolute Gasteiger partial charge is 0.410 e. The average Bonchev–Trinajstić information content (AvgIpc) is 3.05. The average molecular weight is 407 g/mol. The van der Waals surface area contributed by atoms with E-state index >= 15 is 0 Å². The summed E-state index contributed by atoms with van der Waals surface area (Å²) < 4.78 is 10.5. The van der Waals surface area contributed by atoms with Gasteiger partial charge in [-0.25, -0.2) is 9.78 Å². The number of likely N-dealkylation sites (tertiary alicyclic amines) is 1. The lowest BCUT2D eigenvalue weighted by Gasteiger charge is -2.32. The molecule has 0 unspecified atom stereocenters. The largest absolute Gasteiger partial charge is 0.457 e. The fourth-order valence-electron chi connectivity index (χ4n) is 2.74. The van der Waals surface area contributed by atoms with Gasteiger partial charge in [-0.2, -0.15) is 5.26 Å². The number of amides is 1. The van der Waals surface area contributed by atoms with E-state index in [2.05, 4.69) is 4.98 Å². The second kappa shape index (κ2) is 9.15. The molecule has 1 amide bonds. The van der Waals surface area contributed by atoms with Crippen molar-refractivity contribution in [2.45, 2.75) is 52.1 Å². The number of hydrogen-bond acceptors (Lipinski definition) is 8. The van der Waals surface area contributed by atoms with E-state index in [1.165, 1.54) is 11.3 Å². The molecule has 1 aromatic rings. The highest BCUT2D eigenvalue weighted by Gasteiger charge is 2.32. The Morgan fingerprint density at radius 2 is 2.00 bits per heavy atom. The zero-order valence-electron chi connectivity index (χ0n) is 16.6. The van der Waals surface area contributed by atoms with Gasteiger partial charge in [-0.1, -0.05) is 0 Å². The molecule has 2 rings (SSSR count).